The smallest absolute Gasteiger partial charge is 0.342 e. The predicted molar refractivity (Wildman–Crippen MR) is 50.0 cm³/mol. The van der Waals surface area contributed by atoms with E-state index in [-0.39, 0.29) is 10.8 Å². The van der Waals surface area contributed by atoms with Gasteiger partial charge in [-0.1, -0.05) is 11.6 Å². The highest BCUT2D eigenvalue weighted by atomic mass is 35.5. The number of carbonyl (C=O) groups excluding carboxylic acids is 1. The van der Waals surface area contributed by atoms with Crippen LogP contribution < -0.4 is 5.73 Å². The van der Waals surface area contributed by atoms with Gasteiger partial charge in [-0.15, -0.1) is 0 Å². The largest absolute Gasteiger partial charge is 0.465 e. The summed E-state index contributed by atoms with van der Waals surface area (Å²) in [5.41, 5.74) is 3.98. The minimum Gasteiger partial charge on any atom is -0.465 e. The fraction of sp³-hybridized carbons (Fsp3) is 0.250. The number of nitrogens with two attached hydrogens (primary N) is 1. The van der Waals surface area contributed by atoms with Crippen LogP contribution >= 0.6 is 11.6 Å². The molecule has 0 fully saturated rings. The Morgan fingerprint density at radius 3 is 2.73 bits per heavy atom. The molecule has 1 aromatic rings. The van der Waals surface area contributed by atoms with Crippen molar-refractivity contribution in [1.29, 1.82) is 0 Å². The summed E-state index contributed by atoms with van der Waals surface area (Å²) in [5.74, 6) is -0.966. The first-order chi connectivity index (χ1) is 6.97. The first-order valence-corrected chi connectivity index (χ1v) is 4.17. The summed E-state index contributed by atoms with van der Waals surface area (Å²) >= 11 is 5.44. The standard InChI is InChI=1S/C8H7ClF2N2O2/c1-15-8(14)5-3(12)2-4(9)13-6(5)7(10)11/h2,7H,1H3,(H2,12,13). The summed E-state index contributed by atoms with van der Waals surface area (Å²) in [6.07, 6.45) is -2.94. The van der Waals surface area contributed by atoms with Crippen molar-refractivity contribution in [2.75, 3.05) is 12.8 Å². The zero-order chi connectivity index (χ0) is 11.6. The Kier molecular flexibility index (Phi) is 3.41. The van der Waals surface area contributed by atoms with Crippen LogP contribution in [0.4, 0.5) is 14.5 Å². The molecule has 2 N–H and O–H groups in total. The zero-order valence-electron chi connectivity index (χ0n) is 7.63. The van der Waals surface area contributed by atoms with E-state index in [9.17, 15) is 13.6 Å². The van der Waals surface area contributed by atoms with Crippen LogP contribution in [0.25, 0.3) is 0 Å². The van der Waals surface area contributed by atoms with Gasteiger partial charge in [-0.05, 0) is 6.07 Å². The second-order valence-corrected chi connectivity index (χ2v) is 2.97. The summed E-state index contributed by atoms with van der Waals surface area (Å²) in [4.78, 5) is 14.5. The fourth-order valence-corrected chi connectivity index (χ4v) is 1.24. The van der Waals surface area contributed by atoms with E-state index in [1.165, 1.54) is 0 Å². The van der Waals surface area contributed by atoms with Gasteiger partial charge in [0.25, 0.3) is 6.43 Å². The molecular formula is C8H7ClF2N2O2. The number of methoxy groups -OCH3 is 1. The number of hydrogen-bond donors (Lipinski definition) is 1. The summed E-state index contributed by atoms with van der Waals surface area (Å²) in [5, 5.41) is -0.199. The van der Waals surface area contributed by atoms with Crippen LogP contribution in [-0.2, 0) is 4.74 Å². The van der Waals surface area contributed by atoms with E-state index in [0.717, 1.165) is 13.2 Å². The zero-order valence-corrected chi connectivity index (χ0v) is 8.39. The van der Waals surface area contributed by atoms with E-state index in [0.29, 0.717) is 0 Å². The molecule has 1 aromatic heterocycles. The monoisotopic (exact) mass is 236 g/mol. The Labute approximate surface area is 89.0 Å². The average molecular weight is 237 g/mol. The number of nitrogen functional groups attached to an aromatic ring is 1. The van der Waals surface area contributed by atoms with E-state index >= 15 is 0 Å². The number of alkyl halides is 2. The molecule has 1 rings (SSSR count). The van der Waals surface area contributed by atoms with Gasteiger partial charge in [-0.25, -0.2) is 18.6 Å². The van der Waals surface area contributed by atoms with Crippen molar-refractivity contribution in [3.05, 3.63) is 22.5 Å². The first kappa shape index (κ1) is 11.6. The topological polar surface area (TPSA) is 65.2 Å². The molecular weight excluding hydrogens is 230 g/mol. The number of ether oxygens (including phenoxy) is 1. The lowest BCUT2D eigenvalue weighted by Crippen LogP contribution is -2.11. The van der Waals surface area contributed by atoms with Crippen LogP contribution in [0.1, 0.15) is 22.5 Å². The number of pyridine rings is 1. The molecule has 0 spiro atoms. The Balaban J connectivity index is 3.40. The molecule has 4 nitrogen and oxygen atoms in total. The highest BCUT2D eigenvalue weighted by Crippen LogP contribution is 2.28. The second-order valence-electron chi connectivity index (χ2n) is 2.59. The minimum absolute atomic E-state index is 0.183. The Morgan fingerprint density at radius 2 is 2.27 bits per heavy atom. The van der Waals surface area contributed by atoms with E-state index < -0.39 is 23.7 Å². The normalized spacial score (nSPS) is 10.5. The molecule has 0 saturated carbocycles. The molecule has 1 heterocycles. The summed E-state index contributed by atoms with van der Waals surface area (Å²) < 4.78 is 29.3. The third kappa shape index (κ3) is 2.33. The number of anilines is 1. The quantitative estimate of drug-likeness (QED) is 0.630. The van der Waals surface area contributed by atoms with Gasteiger partial charge in [0.2, 0.25) is 0 Å². The van der Waals surface area contributed by atoms with E-state index in [4.69, 9.17) is 17.3 Å². The molecule has 0 unspecified atom stereocenters. The maximum atomic E-state index is 12.5. The van der Waals surface area contributed by atoms with Gasteiger partial charge in [-0.2, -0.15) is 0 Å². The molecule has 82 valence electrons. The molecule has 0 aliphatic carbocycles. The number of hydrogen-bond acceptors (Lipinski definition) is 4. The van der Waals surface area contributed by atoms with Gasteiger partial charge in [0.05, 0.1) is 12.8 Å². The number of nitrogens with zero attached hydrogens (tertiary/aromatic N) is 1. The van der Waals surface area contributed by atoms with Crippen LogP contribution in [0.2, 0.25) is 5.15 Å². The number of aromatic nitrogens is 1. The maximum Gasteiger partial charge on any atom is 0.342 e. The van der Waals surface area contributed by atoms with Gasteiger partial charge < -0.3 is 10.5 Å². The highest BCUT2D eigenvalue weighted by molar-refractivity contribution is 6.29. The highest BCUT2D eigenvalue weighted by Gasteiger charge is 2.24. The fourth-order valence-electron chi connectivity index (χ4n) is 1.03. The third-order valence-corrected chi connectivity index (χ3v) is 1.84. The molecule has 7 heteroatoms. The average Bonchev–Trinajstić information content (AvgIpc) is 2.15. The van der Waals surface area contributed by atoms with Gasteiger partial charge in [0, 0.05) is 0 Å². The number of esters is 1. The Morgan fingerprint density at radius 1 is 1.67 bits per heavy atom. The van der Waals surface area contributed by atoms with Crippen molar-refractivity contribution >= 4 is 23.3 Å². The first-order valence-electron chi connectivity index (χ1n) is 3.79. The number of carbonyl (C=O) groups is 1. The molecule has 0 radical (unpaired) electrons. The minimum atomic E-state index is -2.94. The molecule has 0 atom stereocenters. The van der Waals surface area contributed by atoms with Crippen molar-refractivity contribution in [3.63, 3.8) is 0 Å². The van der Waals surface area contributed by atoms with Crippen LogP contribution in [0, 0.1) is 0 Å². The molecule has 0 amide bonds. The SMILES string of the molecule is COC(=O)c1c(N)cc(Cl)nc1C(F)F. The van der Waals surface area contributed by atoms with Crippen LogP contribution in [0.15, 0.2) is 6.07 Å². The Bertz CT molecular complexity index is 398. The number of halogens is 3. The molecule has 0 aliphatic rings. The van der Waals surface area contributed by atoms with Gasteiger partial charge in [0.15, 0.2) is 0 Å². The van der Waals surface area contributed by atoms with Crippen LogP contribution in [0.5, 0.6) is 0 Å². The number of rotatable bonds is 2. The van der Waals surface area contributed by atoms with Crippen molar-refractivity contribution in [3.8, 4) is 0 Å². The summed E-state index contributed by atoms with van der Waals surface area (Å²) in [7, 11) is 1.06. The molecule has 0 bridgehead atoms. The van der Waals surface area contributed by atoms with Crippen LogP contribution in [0.3, 0.4) is 0 Å². The van der Waals surface area contributed by atoms with Crippen molar-refractivity contribution in [2.45, 2.75) is 6.43 Å². The maximum absolute atomic E-state index is 12.5. The van der Waals surface area contributed by atoms with Gasteiger partial charge >= 0.3 is 5.97 Å². The Hall–Kier alpha value is -1.43. The van der Waals surface area contributed by atoms with Crippen molar-refractivity contribution in [2.24, 2.45) is 0 Å². The summed E-state index contributed by atoms with van der Waals surface area (Å²) in [6, 6.07) is 1.11. The molecule has 0 aromatic carbocycles. The van der Waals surface area contributed by atoms with Gasteiger partial charge in [-0.3, -0.25) is 0 Å². The molecule has 0 saturated heterocycles. The van der Waals surface area contributed by atoms with Crippen molar-refractivity contribution < 1.29 is 18.3 Å². The van der Waals surface area contributed by atoms with Gasteiger partial charge in [0.1, 0.15) is 16.4 Å². The molecule has 0 aliphatic heterocycles. The van der Waals surface area contributed by atoms with E-state index in [2.05, 4.69) is 9.72 Å². The van der Waals surface area contributed by atoms with E-state index in [1.54, 1.807) is 0 Å². The third-order valence-electron chi connectivity index (χ3n) is 1.64. The predicted octanol–water partition coefficient (Wildman–Crippen LogP) is 2.04. The lowest BCUT2D eigenvalue weighted by molar-refractivity contribution is 0.0588. The lowest BCUT2D eigenvalue weighted by Gasteiger charge is -2.09. The van der Waals surface area contributed by atoms with Crippen LogP contribution in [-0.4, -0.2) is 18.1 Å². The second kappa shape index (κ2) is 4.39. The van der Waals surface area contributed by atoms with E-state index in [1.807, 2.05) is 0 Å². The molecule has 15 heavy (non-hydrogen) atoms. The summed E-state index contributed by atoms with van der Waals surface area (Å²) in [6.45, 7) is 0. The van der Waals surface area contributed by atoms with Crippen molar-refractivity contribution in [1.82, 2.24) is 4.98 Å². The lowest BCUT2D eigenvalue weighted by atomic mass is 10.1.